The van der Waals surface area contributed by atoms with Crippen molar-refractivity contribution in [3.63, 3.8) is 0 Å². The van der Waals surface area contributed by atoms with E-state index in [1.165, 1.54) is 5.56 Å². The fourth-order valence-electron chi connectivity index (χ4n) is 4.03. The second-order valence-corrected chi connectivity index (χ2v) is 5.60. The average molecular weight is 246 g/mol. The van der Waals surface area contributed by atoms with E-state index < -0.39 is 11.4 Å². The topological polar surface area (TPSA) is 38.7 Å². The molecule has 1 saturated heterocycles. The van der Waals surface area contributed by atoms with E-state index in [4.69, 9.17) is 9.47 Å². The Morgan fingerprint density at radius 1 is 1.11 bits per heavy atom. The fraction of sp³-hybridized carbons (Fsp3) is 0.600. The van der Waals surface area contributed by atoms with Crippen LogP contribution < -0.4 is 0 Å². The van der Waals surface area contributed by atoms with E-state index in [0.717, 1.165) is 31.2 Å². The van der Waals surface area contributed by atoms with Gasteiger partial charge in [-0.05, 0) is 24.0 Å². The fourth-order valence-corrected chi connectivity index (χ4v) is 4.03. The summed E-state index contributed by atoms with van der Waals surface area (Å²) in [4.78, 5) is 0. The Morgan fingerprint density at radius 3 is 2.72 bits per heavy atom. The van der Waals surface area contributed by atoms with Crippen LogP contribution in [0.2, 0.25) is 0 Å². The maximum Gasteiger partial charge on any atom is 0.202 e. The van der Waals surface area contributed by atoms with E-state index in [2.05, 4.69) is 6.07 Å². The summed E-state index contributed by atoms with van der Waals surface area (Å²) >= 11 is 0. The van der Waals surface area contributed by atoms with Gasteiger partial charge in [0.1, 0.15) is 0 Å². The van der Waals surface area contributed by atoms with Gasteiger partial charge in [-0.2, -0.15) is 0 Å². The standard InChI is InChI=1S/C15H18O3/c16-15-12-6-2-1-5-11(12)13(15)7-3-4-8-14(15)17-9-10-18-14/h1-2,5-6,13,16H,3-4,7-10H2/t13-,15-/m1/s1. The maximum absolute atomic E-state index is 11.3. The van der Waals surface area contributed by atoms with Crippen LogP contribution in [0.15, 0.2) is 24.3 Å². The van der Waals surface area contributed by atoms with Crippen molar-refractivity contribution in [2.24, 2.45) is 0 Å². The molecule has 0 radical (unpaired) electrons. The molecule has 1 aliphatic heterocycles. The van der Waals surface area contributed by atoms with Crippen LogP contribution in [0, 0.1) is 0 Å². The molecule has 1 aromatic carbocycles. The van der Waals surface area contributed by atoms with Gasteiger partial charge in [0.15, 0.2) is 5.60 Å². The molecule has 96 valence electrons. The molecule has 0 amide bonds. The lowest BCUT2D eigenvalue weighted by Crippen LogP contribution is -2.60. The lowest BCUT2D eigenvalue weighted by atomic mass is 9.59. The van der Waals surface area contributed by atoms with E-state index in [-0.39, 0.29) is 5.92 Å². The zero-order valence-electron chi connectivity index (χ0n) is 10.4. The third-order valence-corrected chi connectivity index (χ3v) is 4.83. The number of hydrogen-bond acceptors (Lipinski definition) is 3. The molecule has 2 fully saturated rings. The molecule has 1 N–H and O–H groups in total. The summed E-state index contributed by atoms with van der Waals surface area (Å²) in [6, 6.07) is 8.18. The van der Waals surface area contributed by atoms with Gasteiger partial charge in [0.05, 0.1) is 13.2 Å². The molecule has 3 heteroatoms. The van der Waals surface area contributed by atoms with Crippen LogP contribution >= 0.6 is 0 Å². The SMILES string of the molecule is O[C@]12c3ccccc3[C@H]1CCCCC21OCCO1. The summed E-state index contributed by atoms with van der Waals surface area (Å²) in [6.45, 7) is 1.19. The van der Waals surface area contributed by atoms with Gasteiger partial charge in [-0.15, -0.1) is 0 Å². The van der Waals surface area contributed by atoms with Gasteiger partial charge >= 0.3 is 0 Å². The largest absolute Gasteiger partial charge is 0.379 e. The average Bonchev–Trinajstić information content (AvgIpc) is 2.83. The van der Waals surface area contributed by atoms with Crippen molar-refractivity contribution in [1.29, 1.82) is 0 Å². The van der Waals surface area contributed by atoms with Crippen LogP contribution in [-0.4, -0.2) is 24.1 Å². The number of fused-ring (bicyclic) bond motifs is 5. The normalized spacial score (nSPS) is 36.6. The van der Waals surface area contributed by atoms with Gasteiger partial charge in [0.25, 0.3) is 0 Å². The zero-order chi connectivity index (χ0) is 12.2. The molecule has 2 atom stereocenters. The highest BCUT2D eigenvalue weighted by atomic mass is 16.7. The smallest absolute Gasteiger partial charge is 0.202 e. The van der Waals surface area contributed by atoms with E-state index in [1.54, 1.807) is 0 Å². The first-order valence-electron chi connectivity index (χ1n) is 6.88. The highest BCUT2D eigenvalue weighted by Gasteiger charge is 2.66. The molecular formula is C15H18O3. The molecule has 1 heterocycles. The van der Waals surface area contributed by atoms with Crippen LogP contribution in [0.5, 0.6) is 0 Å². The number of rotatable bonds is 0. The number of benzene rings is 1. The van der Waals surface area contributed by atoms with Crippen molar-refractivity contribution >= 4 is 0 Å². The van der Waals surface area contributed by atoms with Crippen molar-refractivity contribution in [1.82, 2.24) is 0 Å². The Balaban J connectivity index is 1.88. The first-order valence-corrected chi connectivity index (χ1v) is 6.88. The lowest BCUT2D eigenvalue weighted by Gasteiger charge is -2.54. The molecule has 1 spiro atoms. The summed E-state index contributed by atoms with van der Waals surface area (Å²) in [5.74, 6) is -0.614. The Morgan fingerprint density at radius 2 is 1.89 bits per heavy atom. The molecule has 0 aromatic heterocycles. The van der Waals surface area contributed by atoms with Crippen molar-refractivity contribution in [3.8, 4) is 0 Å². The molecular weight excluding hydrogens is 228 g/mol. The Kier molecular flexibility index (Phi) is 2.17. The molecule has 1 saturated carbocycles. The second kappa shape index (κ2) is 3.56. The predicted molar refractivity (Wildman–Crippen MR) is 66.2 cm³/mol. The van der Waals surface area contributed by atoms with Crippen LogP contribution in [0.4, 0.5) is 0 Å². The number of aliphatic hydroxyl groups is 1. The van der Waals surface area contributed by atoms with Crippen molar-refractivity contribution < 1.29 is 14.6 Å². The lowest BCUT2D eigenvalue weighted by molar-refractivity contribution is -0.294. The molecule has 3 nitrogen and oxygen atoms in total. The quantitative estimate of drug-likeness (QED) is 0.763. The summed E-state index contributed by atoms with van der Waals surface area (Å²) in [5, 5.41) is 11.3. The van der Waals surface area contributed by atoms with Gasteiger partial charge in [0, 0.05) is 12.3 Å². The second-order valence-electron chi connectivity index (χ2n) is 5.60. The van der Waals surface area contributed by atoms with Crippen LogP contribution in [-0.2, 0) is 15.1 Å². The molecule has 2 aliphatic carbocycles. The molecule has 3 aliphatic rings. The van der Waals surface area contributed by atoms with Crippen molar-refractivity contribution in [2.45, 2.75) is 43.0 Å². The monoisotopic (exact) mass is 246 g/mol. The molecule has 0 unspecified atom stereocenters. The molecule has 4 rings (SSSR count). The number of ether oxygens (including phenoxy) is 2. The minimum Gasteiger partial charge on any atom is -0.379 e. The predicted octanol–water partition coefficient (Wildman–Crippen LogP) is 2.29. The highest BCUT2D eigenvalue weighted by molar-refractivity contribution is 5.50. The van der Waals surface area contributed by atoms with Gasteiger partial charge in [-0.25, -0.2) is 0 Å². The van der Waals surface area contributed by atoms with Crippen molar-refractivity contribution in [2.75, 3.05) is 13.2 Å². The summed E-state index contributed by atoms with van der Waals surface area (Å²) in [7, 11) is 0. The summed E-state index contributed by atoms with van der Waals surface area (Å²) < 4.78 is 11.8. The third kappa shape index (κ3) is 1.11. The molecule has 0 bridgehead atoms. The Bertz CT molecular complexity index is 478. The first-order chi connectivity index (χ1) is 8.78. The minimum atomic E-state index is -0.934. The Labute approximate surface area is 107 Å². The van der Waals surface area contributed by atoms with Crippen LogP contribution in [0.3, 0.4) is 0 Å². The van der Waals surface area contributed by atoms with Gasteiger partial charge < -0.3 is 14.6 Å². The molecule has 1 aromatic rings. The zero-order valence-corrected chi connectivity index (χ0v) is 10.4. The van der Waals surface area contributed by atoms with E-state index >= 15 is 0 Å². The Hall–Kier alpha value is -0.900. The van der Waals surface area contributed by atoms with Crippen LogP contribution in [0.25, 0.3) is 0 Å². The summed E-state index contributed by atoms with van der Waals surface area (Å²) in [6.07, 6.45) is 4.03. The van der Waals surface area contributed by atoms with Gasteiger partial charge in [-0.3, -0.25) is 0 Å². The maximum atomic E-state index is 11.3. The highest BCUT2D eigenvalue weighted by Crippen LogP contribution is 2.62. The van der Waals surface area contributed by atoms with Gasteiger partial charge in [0.2, 0.25) is 5.79 Å². The first kappa shape index (κ1) is 11.0. The minimum absolute atomic E-state index is 0.175. The van der Waals surface area contributed by atoms with Crippen LogP contribution in [0.1, 0.15) is 42.7 Å². The summed E-state index contributed by atoms with van der Waals surface area (Å²) in [5.41, 5.74) is 1.36. The molecule has 18 heavy (non-hydrogen) atoms. The number of hydrogen-bond donors (Lipinski definition) is 1. The van der Waals surface area contributed by atoms with Gasteiger partial charge in [-0.1, -0.05) is 30.7 Å². The van der Waals surface area contributed by atoms with E-state index in [0.29, 0.717) is 13.2 Å². The van der Waals surface area contributed by atoms with E-state index in [9.17, 15) is 5.11 Å². The van der Waals surface area contributed by atoms with Crippen molar-refractivity contribution in [3.05, 3.63) is 35.4 Å². The van der Waals surface area contributed by atoms with E-state index in [1.807, 2.05) is 18.2 Å². The third-order valence-electron chi connectivity index (χ3n) is 4.83.